The van der Waals surface area contributed by atoms with Crippen LogP contribution in [0.1, 0.15) is 44.2 Å². The maximum Gasteiger partial charge on any atom is 0.160 e. The van der Waals surface area contributed by atoms with Crippen LogP contribution in [0, 0.1) is 0 Å². The summed E-state index contributed by atoms with van der Waals surface area (Å²) >= 11 is 0. The minimum Gasteiger partial charge on any atom is -0.228 e. The van der Waals surface area contributed by atoms with E-state index in [1.54, 1.807) is 0 Å². The van der Waals surface area contributed by atoms with E-state index in [1.807, 2.05) is 42.5 Å². The molecule has 9 rings (SSSR count). The normalized spacial score (nSPS) is 16.9. The van der Waals surface area contributed by atoms with Crippen molar-refractivity contribution in [3.63, 3.8) is 0 Å². The molecule has 0 bridgehead atoms. The maximum absolute atomic E-state index is 9.13. The molecule has 0 aliphatic heterocycles. The van der Waals surface area contributed by atoms with Gasteiger partial charge in [0.05, 0.1) is 30.6 Å². The molecule has 0 radical (unpaired) electrons. The van der Waals surface area contributed by atoms with Gasteiger partial charge in [0.2, 0.25) is 0 Å². The summed E-state index contributed by atoms with van der Waals surface area (Å²) in [7, 11) is 0. The lowest BCUT2D eigenvalue weighted by Crippen LogP contribution is -2.14. The van der Waals surface area contributed by atoms with Crippen LogP contribution in [0.3, 0.4) is 0 Å². The molecule has 8 aromatic rings. The molecule has 1 aromatic heterocycles. The molecular weight excluding hydrogens is 593 g/mol. The van der Waals surface area contributed by atoms with Crippen molar-refractivity contribution in [3.05, 3.63) is 181 Å². The van der Waals surface area contributed by atoms with Gasteiger partial charge in [-0.15, -0.1) is 0 Å². The van der Waals surface area contributed by atoms with E-state index in [1.165, 1.54) is 17.2 Å². The van der Waals surface area contributed by atoms with Crippen molar-refractivity contribution in [3.8, 4) is 67.3 Å². The van der Waals surface area contributed by atoms with Gasteiger partial charge in [-0.2, -0.15) is 0 Å². The molecule has 0 N–H and O–H groups in total. The van der Waals surface area contributed by atoms with Gasteiger partial charge in [0, 0.05) is 22.1 Å². The molecular formula is C47H34N2. The maximum atomic E-state index is 9.13. The van der Waals surface area contributed by atoms with Crippen LogP contribution in [0.15, 0.2) is 170 Å². The average molecular weight is 641 g/mol. The van der Waals surface area contributed by atoms with Crippen molar-refractivity contribution in [1.82, 2.24) is 9.97 Å². The number of aromatic nitrogens is 2. The Hall–Kier alpha value is -6.12. The van der Waals surface area contributed by atoms with E-state index < -0.39 is 95.7 Å². The largest absolute Gasteiger partial charge is 0.228 e. The lowest BCUT2D eigenvalue weighted by Gasteiger charge is -2.22. The smallest absolute Gasteiger partial charge is 0.160 e. The van der Waals surface area contributed by atoms with Crippen LogP contribution in [0.4, 0.5) is 0 Å². The summed E-state index contributed by atoms with van der Waals surface area (Å²) in [6.45, 7) is 4.44. The molecule has 0 unspecified atom stereocenters. The van der Waals surface area contributed by atoms with E-state index in [9.17, 15) is 0 Å². The van der Waals surface area contributed by atoms with E-state index in [2.05, 4.69) is 60.2 Å². The molecule has 2 nitrogen and oxygen atoms in total. The van der Waals surface area contributed by atoms with E-state index in [4.69, 9.17) is 19.2 Å². The number of hydrogen-bond donors (Lipinski definition) is 0. The minimum absolute atomic E-state index is 0.177. The molecule has 0 saturated carbocycles. The van der Waals surface area contributed by atoms with Crippen molar-refractivity contribution in [1.29, 1.82) is 0 Å². The molecule has 0 amide bonds. The molecule has 0 spiro atoms. The average Bonchev–Trinajstić information content (AvgIpc) is 3.50. The van der Waals surface area contributed by atoms with Crippen LogP contribution in [-0.2, 0) is 5.41 Å². The lowest BCUT2D eigenvalue weighted by molar-refractivity contribution is 0.661. The molecule has 1 heterocycles. The third-order valence-corrected chi connectivity index (χ3v) is 9.14. The highest BCUT2D eigenvalue weighted by Gasteiger charge is 2.37. The Labute approximate surface area is 307 Å². The molecule has 0 fully saturated rings. The zero-order valence-corrected chi connectivity index (χ0v) is 26.5. The summed E-state index contributed by atoms with van der Waals surface area (Å²) < 4.78 is 120. The lowest BCUT2D eigenvalue weighted by atomic mass is 9.81. The van der Waals surface area contributed by atoms with Crippen LogP contribution in [0.25, 0.3) is 78.1 Å². The van der Waals surface area contributed by atoms with Crippen LogP contribution in [0.2, 0.25) is 0 Å². The highest BCUT2D eigenvalue weighted by molar-refractivity contribution is 5.98. The van der Waals surface area contributed by atoms with Crippen LogP contribution >= 0.6 is 0 Å². The van der Waals surface area contributed by atoms with Crippen LogP contribution < -0.4 is 0 Å². The second kappa shape index (κ2) is 11.5. The van der Waals surface area contributed by atoms with E-state index in [0.717, 1.165) is 33.0 Å². The fourth-order valence-electron chi connectivity index (χ4n) is 6.67. The second-order valence-corrected chi connectivity index (χ2v) is 12.4. The van der Waals surface area contributed by atoms with Crippen molar-refractivity contribution in [2.75, 3.05) is 0 Å². The third-order valence-electron chi connectivity index (χ3n) is 9.14. The SMILES string of the molecule is [2H]c1c([2H])c([2H])c(-c2nc(-c3ccc(-c4cccc5c4-c4cc6ccccc6cc4C5(C)C)cc3)cc(-c3c([2H])c([2H])c(-c4c([2H])c([2H])c([2H])c([2H])c4[2H])c([2H])c3[2H])n2)c([2H])c1[2H]. The van der Waals surface area contributed by atoms with Crippen molar-refractivity contribution < 1.29 is 19.2 Å². The van der Waals surface area contributed by atoms with E-state index in [0.29, 0.717) is 5.56 Å². The first-order valence-electron chi connectivity index (χ1n) is 22.8. The predicted octanol–water partition coefficient (Wildman–Crippen LogP) is 12.3. The third kappa shape index (κ3) is 5.05. The van der Waals surface area contributed by atoms with Gasteiger partial charge in [-0.25, -0.2) is 9.97 Å². The Bertz CT molecular complexity index is 3220. The van der Waals surface area contributed by atoms with Crippen molar-refractivity contribution >= 4 is 10.8 Å². The van der Waals surface area contributed by atoms with Crippen molar-refractivity contribution in [2.24, 2.45) is 0 Å². The molecule has 49 heavy (non-hydrogen) atoms. The highest BCUT2D eigenvalue weighted by atomic mass is 14.9. The molecule has 0 atom stereocenters. The standard InChI is InChI=1S/C47H34N2/c1-47(2)41-19-11-18-39(45(41)40-28-37-16-9-10-17-38(37)29-42(40)47)33-22-26-35(27-23-33)44-30-43(48-46(49-44)36-14-7-4-8-15-36)34-24-20-32(21-25-34)31-12-5-3-6-13-31/h3-30H,1-2H3/i3D,4D,5D,6D,7D,8D,12D,13D,14D,15D,20D,21D,24D,25D. The zero-order chi connectivity index (χ0) is 45.1. The number of fused-ring (bicyclic) bond motifs is 4. The van der Waals surface area contributed by atoms with Gasteiger partial charge in [-0.3, -0.25) is 0 Å². The summed E-state index contributed by atoms with van der Waals surface area (Å²) in [6.07, 6.45) is 0. The molecule has 7 aromatic carbocycles. The molecule has 1 aliphatic carbocycles. The Morgan fingerprint density at radius 3 is 1.71 bits per heavy atom. The molecule has 1 aliphatic rings. The van der Waals surface area contributed by atoms with Gasteiger partial charge in [0.25, 0.3) is 0 Å². The van der Waals surface area contributed by atoms with E-state index >= 15 is 0 Å². The second-order valence-electron chi connectivity index (χ2n) is 12.4. The van der Waals surface area contributed by atoms with Gasteiger partial charge < -0.3 is 0 Å². The van der Waals surface area contributed by atoms with Crippen LogP contribution in [0.5, 0.6) is 0 Å². The quantitative estimate of drug-likeness (QED) is 0.187. The molecule has 2 heteroatoms. The number of nitrogens with zero attached hydrogens (tertiary/aromatic N) is 2. The van der Waals surface area contributed by atoms with Gasteiger partial charge in [0.1, 0.15) is 0 Å². The first kappa shape index (κ1) is 17.9. The summed E-state index contributed by atoms with van der Waals surface area (Å²) in [5, 5.41) is 2.29. The first-order valence-corrected chi connectivity index (χ1v) is 15.8. The van der Waals surface area contributed by atoms with Gasteiger partial charge in [0.15, 0.2) is 5.82 Å². The Kier molecular flexibility index (Phi) is 4.21. The van der Waals surface area contributed by atoms with Crippen molar-refractivity contribution in [2.45, 2.75) is 19.3 Å². The summed E-state index contributed by atoms with van der Waals surface area (Å²) in [6, 6.07) is 18.6. The summed E-state index contributed by atoms with van der Waals surface area (Å²) in [5.41, 5.74) is 5.13. The fourth-order valence-corrected chi connectivity index (χ4v) is 6.67. The fraction of sp³-hybridized carbons (Fsp3) is 0.0638. The van der Waals surface area contributed by atoms with Crippen LogP contribution in [-0.4, -0.2) is 9.97 Å². The number of hydrogen-bond acceptors (Lipinski definition) is 2. The minimum atomic E-state index is -0.708. The molecule has 0 saturated heterocycles. The number of rotatable bonds is 5. The monoisotopic (exact) mass is 640 g/mol. The number of benzene rings is 7. The van der Waals surface area contributed by atoms with E-state index in [-0.39, 0.29) is 33.8 Å². The Balaban J connectivity index is 1.24. The van der Waals surface area contributed by atoms with Gasteiger partial charge in [-0.1, -0.05) is 165 Å². The summed E-state index contributed by atoms with van der Waals surface area (Å²) in [4.78, 5) is 9.22. The molecule has 232 valence electrons. The van der Waals surface area contributed by atoms with Gasteiger partial charge in [-0.05, 0) is 73.5 Å². The first-order chi connectivity index (χ1) is 29.8. The summed E-state index contributed by atoms with van der Waals surface area (Å²) in [5.74, 6) is -0.331. The Morgan fingerprint density at radius 2 is 1.02 bits per heavy atom. The highest BCUT2D eigenvalue weighted by Crippen LogP contribution is 2.53. The topological polar surface area (TPSA) is 25.8 Å². The zero-order valence-electron chi connectivity index (χ0n) is 40.5. The Morgan fingerprint density at radius 1 is 0.449 bits per heavy atom. The predicted molar refractivity (Wildman–Crippen MR) is 204 cm³/mol. The van der Waals surface area contributed by atoms with Gasteiger partial charge >= 0.3 is 0 Å².